The molecule has 2 aromatic heterocycles. The van der Waals surface area contributed by atoms with Crippen molar-refractivity contribution in [3.8, 4) is 0 Å². The van der Waals surface area contributed by atoms with Crippen LogP contribution in [0.1, 0.15) is 43.3 Å². The number of hydrogen-bond acceptors (Lipinski definition) is 3. The normalized spacial score (nSPS) is 21.3. The third-order valence-corrected chi connectivity index (χ3v) is 4.59. The zero-order chi connectivity index (χ0) is 13.5. The number of rotatable bonds is 3. The summed E-state index contributed by atoms with van der Waals surface area (Å²) < 4.78 is 2.29. The van der Waals surface area contributed by atoms with E-state index < -0.39 is 0 Å². The van der Waals surface area contributed by atoms with E-state index in [1.807, 2.05) is 5.51 Å². The Morgan fingerprint density at radius 3 is 3.11 bits per heavy atom. The summed E-state index contributed by atoms with van der Waals surface area (Å²) >= 11 is 1.65. The van der Waals surface area contributed by atoms with Gasteiger partial charge in [0.2, 0.25) is 0 Å². The number of fused-ring (bicyclic) bond motifs is 1. The molecule has 0 radical (unpaired) electrons. The van der Waals surface area contributed by atoms with Gasteiger partial charge in [0.15, 0.2) is 0 Å². The zero-order valence-corrected chi connectivity index (χ0v) is 12.3. The fourth-order valence-corrected chi connectivity index (χ4v) is 3.59. The molecule has 19 heavy (non-hydrogen) atoms. The molecule has 1 aliphatic rings. The lowest BCUT2D eigenvalue weighted by atomic mass is 9.75. The van der Waals surface area contributed by atoms with Gasteiger partial charge in [-0.05, 0) is 24.3 Å². The van der Waals surface area contributed by atoms with E-state index in [0.717, 1.165) is 37.1 Å². The van der Waals surface area contributed by atoms with Gasteiger partial charge in [-0.25, -0.2) is 4.98 Å². The van der Waals surface area contributed by atoms with E-state index in [2.05, 4.69) is 41.0 Å². The van der Waals surface area contributed by atoms with Crippen LogP contribution in [0, 0.1) is 5.41 Å². The Hall–Kier alpha value is -1.13. The average molecular weight is 276 g/mol. The molecule has 0 saturated heterocycles. The second-order valence-corrected chi connectivity index (χ2v) is 6.92. The van der Waals surface area contributed by atoms with E-state index in [-0.39, 0.29) is 11.5 Å². The molecule has 1 unspecified atom stereocenters. The molecule has 0 fully saturated rings. The lowest BCUT2D eigenvalue weighted by molar-refractivity contribution is 0.0979. The number of thiazole rings is 1. The summed E-state index contributed by atoms with van der Waals surface area (Å²) in [5, 5.41) is 12.3. The minimum Gasteiger partial charge on any atom is -0.388 e. The fourth-order valence-electron chi connectivity index (χ4n) is 2.99. The van der Waals surface area contributed by atoms with Crippen LogP contribution in [0.25, 0.3) is 0 Å². The Balaban J connectivity index is 1.80. The number of aliphatic hydroxyl groups excluding tert-OH is 1. The molecule has 0 bridgehead atoms. The Kier molecular flexibility index (Phi) is 3.23. The van der Waals surface area contributed by atoms with Crippen LogP contribution in [-0.2, 0) is 19.4 Å². The standard InChI is InChI=1S/C15H20N2OS/c1-15(2)7-13-12(14(18)8-15)4-6-17(13)5-3-11-9-19-10-16-11/h4,6,9-10,14,18H,3,5,7-8H2,1-2H3. The predicted octanol–water partition coefficient (Wildman–Crippen LogP) is 3.19. The largest absolute Gasteiger partial charge is 0.388 e. The van der Waals surface area contributed by atoms with E-state index in [4.69, 9.17) is 0 Å². The van der Waals surface area contributed by atoms with Gasteiger partial charge >= 0.3 is 0 Å². The first-order chi connectivity index (χ1) is 9.05. The van der Waals surface area contributed by atoms with Crippen molar-refractivity contribution in [2.45, 2.75) is 45.8 Å². The minimum absolute atomic E-state index is 0.184. The van der Waals surface area contributed by atoms with Crippen molar-refractivity contribution >= 4 is 11.3 Å². The summed E-state index contributed by atoms with van der Waals surface area (Å²) in [6.45, 7) is 5.41. The first kappa shape index (κ1) is 12.9. The third-order valence-electron chi connectivity index (χ3n) is 3.96. The molecule has 4 heteroatoms. The molecule has 102 valence electrons. The highest BCUT2D eigenvalue weighted by Gasteiger charge is 2.32. The van der Waals surface area contributed by atoms with Crippen LogP contribution < -0.4 is 0 Å². The summed E-state index contributed by atoms with van der Waals surface area (Å²) in [6.07, 6.45) is 4.67. The molecule has 0 saturated carbocycles. The average Bonchev–Trinajstić information content (AvgIpc) is 2.93. The topological polar surface area (TPSA) is 38.0 Å². The number of nitrogens with zero attached hydrogens (tertiary/aromatic N) is 2. The van der Waals surface area contributed by atoms with E-state index in [9.17, 15) is 5.11 Å². The van der Waals surface area contributed by atoms with Crippen molar-refractivity contribution in [1.82, 2.24) is 9.55 Å². The molecule has 1 aliphatic carbocycles. The SMILES string of the molecule is CC1(C)Cc2c(ccn2CCc2cscn2)C(O)C1. The highest BCUT2D eigenvalue weighted by atomic mass is 32.1. The molecular weight excluding hydrogens is 256 g/mol. The Labute approximate surface area is 117 Å². The highest BCUT2D eigenvalue weighted by molar-refractivity contribution is 7.07. The number of aryl methyl sites for hydroxylation is 2. The van der Waals surface area contributed by atoms with Gasteiger partial charge in [-0.1, -0.05) is 13.8 Å². The van der Waals surface area contributed by atoms with Crippen LogP contribution in [0.4, 0.5) is 0 Å². The molecule has 2 aromatic rings. The van der Waals surface area contributed by atoms with E-state index >= 15 is 0 Å². The van der Waals surface area contributed by atoms with Gasteiger partial charge in [0, 0.05) is 35.8 Å². The maximum Gasteiger partial charge on any atom is 0.0812 e. The van der Waals surface area contributed by atoms with Gasteiger partial charge in [0.25, 0.3) is 0 Å². The maximum absolute atomic E-state index is 10.2. The lowest BCUT2D eigenvalue weighted by Gasteiger charge is -2.34. The van der Waals surface area contributed by atoms with Gasteiger partial charge < -0.3 is 9.67 Å². The Morgan fingerprint density at radius 2 is 2.37 bits per heavy atom. The Morgan fingerprint density at radius 1 is 1.53 bits per heavy atom. The summed E-state index contributed by atoms with van der Waals surface area (Å²) in [5.41, 5.74) is 5.65. The maximum atomic E-state index is 10.2. The van der Waals surface area contributed by atoms with Crippen molar-refractivity contribution in [3.63, 3.8) is 0 Å². The quantitative estimate of drug-likeness (QED) is 0.935. The zero-order valence-electron chi connectivity index (χ0n) is 11.5. The lowest BCUT2D eigenvalue weighted by Crippen LogP contribution is -2.27. The minimum atomic E-state index is -0.306. The van der Waals surface area contributed by atoms with Gasteiger partial charge in [-0.3, -0.25) is 0 Å². The summed E-state index contributed by atoms with van der Waals surface area (Å²) in [5.74, 6) is 0. The first-order valence-electron chi connectivity index (χ1n) is 6.78. The smallest absolute Gasteiger partial charge is 0.0812 e. The number of aromatic nitrogens is 2. The highest BCUT2D eigenvalue weighted by Crippen LogP contribution is 2.41. The summed E-state index contributed by atoms with van der Waals surface area (Å²) in [4.78, 5) is 4.33. The van der Waals surface area contributed by atoms with Crippen molar-refractivity contribution in [2.75, 3.05) is 0 Å². The van der Waals surface area contributed by atoms with Crippen molar-refractivity contribution in [1.29, 1.82) is 0 Å². The predicted molar refractivity (Wildman–Crippen MR) is 77.3 cm³/mol. The molecule has 3 nitrogen and oxygen atoms in total. The van der Waals surface area contributed by atoms with Crippen molar-refractivity contribution < 1.29 is 5.11 Å². The van der Waals surface area contributed by atoms with E-state index in [0.29, 0.717) is 0 Å². The van der Waals surface area contributed by atoms with Crippen LogP contribution in [0.5, 0.6) is 0 Å². The Bertz CT molecular complexity index is 557. The van der Waals surface area contributed by atoms with Gasteiger partial charge in [0.05, 0.1) is 17.3 Å². The van der Waals surface area contributed by atoms with E-state index in [1.165, 1.54) is 5.69 Å². The first-order valence-corrected chi connectivity index (χ1v) is 7.72. The summed E-state index contributed by atoms with van der Waals surface area (Å²) in [6, 6.07) is 2.08. The number of aliphatic hydroxyl groups is 1. The monoisotopic (exact) mass is 276 g/mol. The molecule has 2 heterocycles. The van der Waals surface area contributed by atoms with Crippen LogP contribution in [0.3, 0.4) is 0 Å². The van der Waals surface area contributed by atoms with Crippen molar-refractivity contribution in [3.05, 3.63) is 40.1 Å². The number of hydrogen-bond donors (Lipinski definition) is 1. The molecular formula is C15H20N2OS. The molecule has 0 amide bonds. The van der Waals surface area contributed by atoms with Crippen LogP contribution in [0.2, 0.25) is 0 Å². The van der Waals surface area contributed by atoms with Crippen LogP contribution >= 0.6 is 11.3 Å². The molecule has 0 spiro atoms. The van der Waals surface area contributed by atoms with Crippen LogP contribution in [-0.4, -0.2) is 14.7 Å². The van der Waals surface area contributed by atoms with Gasteiger partial charge in [0.1, 0.15) is 0 Å². The van der Waals surface area contributed by atoms with Gasteiger partial charge in [-0.15, -0.1) is 11.3 Å². The molecule has 3 rings (SSSR count). The second kappa shape index (κ2) is 4.76. The van der Waals surface area contributed by atoms with Gasteiger partial charge in [-0.2, -0.15) is 0 Å². The van der Waals surface area contributed by atoms with E-state index in [1.54, 1.807) is 11.3 Å². The molecule has 0 aliphatic heterocycles. The third kappa shape index (κ3) is 2.60. The molecule has 0 aromatic carbocycles. The van der Waals surface area contributed by atoms with Crippen molar-refractivity contribution in [2.24, 2.45) is 5.41 Å². The second-order valence-electron chi connectivity index (χ2n) is 6.20. The fraction of sp³-hybridized carbons (Fsp3) is 0.533. The summed E-state index contributed by atoms with van der Waals surface area (Å²) in [7, 11) is 0. The molecule has 1 atom stereocenters. The molecule has 1 N–H and O–H groups in total. The van der Waals surface area contributed by atoms with Crippen LogP contribution in [0.15, 0.2) is 23.2 Å².